The van der Waals surface area contributed by atoms with Gasteiger partial charge in [-0.3, -0.25) is 5.01 Å². The fourth-order valence-corrected chi connectivity index (χ4v) is 4.65. The van der Waals surface area contributed by atoms with E-state index in [2.05, 4.69) is 27.4 Å². The number of sulfonamides is 1. The molecule has 0 fully saturated rings. The smallest absolute Gasteiger partial charge is 0.238 e. The van der Waals surface area contributed by atoms with Gasteiger partial charge < -0.3 is 0 Å². The summed E-state index contributed by atoms with van der Waals surface area (Å²) in [6.45, 7) is 0. The molecule has 0 amide bonds. The van der Waals surface area contributed by atoms with E-state index in [-0.39, 0.29) is 10.9 Å². The van der Waals surface area contributed by atoms with Crippen LogP contribution < -0.4 is 10.1 Å². The molecule has 4 rings (SSSR count). The number of nitrogens with zero attached hydrogens (tertiary/aromatic N) is 2. The second-order valence-electron chi connectivity index (χ2n) is 6.17. The Morgan fingerprint density at radius 1 is 1.07 bits per heavy atom. The molecule has 8 heteroatoms. The highest BCUT2D eigenvalue weighted by molar-refractivity contribution is 9.10. The van der Waals surface area contributed by atoms with Crippen LogP contribution in [-0.2, 0) is 10.0 Å². The summed E-state index contributed by atoms with van der Waals surface area (Å²) in [6, 6.07) is 18.8. The molecular formula is C19H16BrN3O2S2. The summed E-state index contributed by atoms with van der Waals surface area (Å²) >= 11 is 5.15. The zero-order chi connectivity index (χ0) is 19.0. The summed E-state index contributed by atoms with van der Waals surface area (Å²) in [6.07, 6.45) is 0.777. The average molecular weight is 462 g/mol. The number of primary sulfonamides is 1. The first-order valence-electron chi connectivity index (χ1n) is 8.21. The topological polar surface area (TPSA) is 75.8 Å². The number of hydrazone groups is 1. The number of rotatable bonds is 4. The Morgan fingerprint density at radius 2 is 1.78 bits per heavy atom. The Kier molecular flexibility index (Phi) is 4.90. The highest BCUT2D eigenvalue weighted by atomic mass is 79.9. The molecule has 2 aromatic carbocycles. The van der Waals surface area contributed by atoms with Gasteiger partial charge in [-0.15, -0.1) is 11.3 Å². The zero-order valence-electron chi connectivity index (χ0n) is 14.1. The van der Waals surface area contributed by atoms with Crippen LogP contribution in [0.4, 0.5) is 5.69 Å². The third-order valence-corrected chi connectivity index (χ3v) is 6.82. The molecule has 1 aliphatic rings. The number of thiophene rings is 1. The normalized spacial score (nSPS) is 17.2. The van der Waals surface area contributed by atoms with Crippen LogP contribution in [0.5, 0.6) is 0 Å². The van der Waals surface area contributed by atoms with Gasteiger partial charge in [0.1, 0.15) is 0 Å². The van der Waals surface area contributed by atoms with Crippen LogP contribution in [0.1, 0.15) is 22.9 Å². The molecule has 0 saturated carbocycles. The molecule has 1 atom stereocenters. The lowest BCUT2D eigenvalue weighted by Crippen LogP contribution is -2.18. The first-order chi connectivity index (χ1) is 12.9. The van der Waals surface area contributed by atoms with Crippen molar-refractivity contribution in [1.29, 1.82) is 0 Å². The summed E-state index contributed by atoms with van der Waals surface area (Å²) in [5, 5.41) is 14.1. The SMILES string of the molecule is NS(=O)(=O)c1ccc(N2N=C(c3ccc(Br)cc3)CC2c2cccs2)cc1. The highest BCUT2D eigenvalue weighted by Crippen LogP contribution is 2.38. The Hall–Kier alpha value is -2.00. The maximum Gasteiger partial charge on any atom is 0.238 e. The van der Waals surface area contributed by atoms with Crippen molar-refractivity contribution in [1.82, 2.24) is 0 Å². The molecule has 1 unspecified atom stereocenters. The van der Waals surface area contributed by atoms with Gasteiger partial charge >= 0.3 is 0 Å². The minimum absolute atomic E-state index is 0.0731. The van der Waals surface area contributed by atoms with Gasteiger partial charge in [0, 0.05) is 15.8 Å². The van der Waals surface area contributed by atoms with Crippen molar-refractivity contribution < 1.29 is 8.42 Å². The van der Waals surface area contributed by atoms with Crippen LogP contribution in [0.3, 0.4) is 0 Å². The lowest BCUT2D eigenvalue weighted by molar-refractivity contribution is 0.598. The number of nitrogens with two attached hydrogens (primary N) is 1. The Labute approximate surface area is 170 Å². The average Bonchev–Trinajstić information content (AvgIpc) is 3.31. The second-order valence-corrected chi connectivity index (χ2v) is 9.63. The van der Waals surface area contributed by atoms with E-state index < -0.39 is 10.0 Å². The van der Waals surface area contributed by atoms with E-state index in [1.54, 1.807) is 23.5 Å². The minimum atomic E-state index is -3.71. The summed E-state index contributed by atoms with van der Waals surface area (Å²) in [7, 11) is -3.71. The van der Waals surface area contributed by atoms with Crippen LogP contribution in [0.15, 0.2) is 80.5 Å². The van der Waals surface area contributed by atoms with Crippen LogP contribution in [0.25, 0.3) is 0 Å². The third kappa shape index (κ3) is 3.84. The van der Waals surface area contributed by atoms with Gasteiger partial charge in [0.05, 0.1) is 22.3 Å². The van der Waals surface area contributed by atoms with Crippen molar-refractivity contribution in [3.05, 3.63) is 81.0 Å². The molecule has 5 nitrogen and oxygen atoms in total. The predicted octanol–water partition coefficient (Wildman–Crippen LogP) is 4.51. The Balaban J connectivity index is 1.73. The highest BCUT2D eigenvalue weighted by Gasteiger charge is 2.30. The fourth-order valence-electron chi connectivity index (χ4n) is 3.06. The van der Waals surface area contributed by atoms with E-state index in [1.807, 2.05) is 35.3 Å². The molecule has 1 aliphatic heterocycles. The van der Waals surface area contributed by atoms with Crippen LogP contribution in [-0.4, -0.2) is 14.1 Å². The largest absolute Gasteiger partial charge is 0.257 e. The van der Waals surface area contributed by atoms with Crippen LogP contribution in [0.2, 0.25) is 0 Å². The molecule has 0 aliphatic carbocycles. The van der Waals surface area contributed by atoms with Crippen molar-refractivity contribution in [3.8, 4) is 0 Å². The second kappa shape index (κ2) is 7.20. The minimum Gasteiger partial charge on any atom is -0.257 e. The number of halogens is 1. The molecular weight excluding hydrogens is 446 g/mol. The van der Waals surface area contributed by atoms with Gasteiger partial charge in [0.15, 0.2) is 0 Å². The Morgan fingerprint density at radius 3 is 2.37 bits per heavy atom. The molecule has 1 aromatic heterocycles. The summed E-state index contributed by atoms with van der Waals surface area (Å²) in [5.41, 5.74) is 2.90. The molecule has 0 saturated heterocycles. The zero-order valence-corrected chi connectivity index (χ0v) is 17.3. The maximum absolute atomic E-state index is 11.5. The van der Waals surface area contributed by atoms with E-state index in [0.717, 1.165) is 27.9 Å². The summed E-state index contributed by atoms with van der Waals surface area (Å²) in [5.74, 6) is 0. The molecule has 138 valence electrons. The summed E-state index contributed by atoms with van der Waals surface area (Å²) < 4.78 is 24.1. The third-order valence-electron chi connectivity index (χ3n) is 4.39. The monoisotopic (exact) mass is 461 g/mol. The maximum atomic E-state index is 11.5. The fraction of sp³-hybridized carbons (Fsp3) is 0.105. The molecule has 0 bridgehead atoms. The molecule has 2 heterocycles. The molecule has 0 spiro atoms. The van der Waals surface area contributed by atoms with E-state index in [0.29, 0.717) is 0 Å². The van der Waals surface area contributed by atoms with Crippen molar-refractivity contribution in [2.45, 2.75) is 17.4 Å². The predicted molar refractivity (Wildman–Crippen MR) is 113 cm³/mol. The van der Waals surface area contributed by atoms with E-state index in [9.17, 15) is 8.42 Å². The lowest BCUT2D eigenvalue weighted by atomic mass is 10.0. The van der Waals surface area contributed by atoms with Gasteiger partial charge in [-0.1, -0.05) is 34.1 Å². The standard InChI is InChI=1S/C19H16BrN3O2S2/c20-14-5-3-13(4-6-14)17-12-18(19-2-1-11-26-19)23(22-17)15-7-9-16(10-8-15)27(21,24)25/h1-11,18H,12H2,(H2,21,24,25). The molecule has 2 N–H and O–H groups in total. The van der Waals surface area contributed by atoms with Crippen LogP contribution >= 0.6 is 27.3 Å². The number of hydrogen-bond acceptors (Lipinski definition) is 5. The van der Waals surface area contributed by atoms with E-state index in [4.69, 9.17) is 10.2 Å². The lowest BCUT2D eigenvalue weighted by Gasteiger charge is -2.22. The Bertz CT molecular complexity index is 1080. The summed E-state index contributed by atoms with van der Waals surface area (Å²) in [4.78, 5) is 1.30. The first-order valence-corrected chi connectivity index (χ1v) is 11.4. The van der Waals surface area contributed by atoms with Gasteiger partial charge in [-0.05, 0) is 53.4 Å². The number of benzene rings is 2. The van der Waals surface area contributed by atoms with Gasteiger partial charge in [0.25, 0.3) is 0 Å². The molecule has 27 heavy (non-hydrogen) atoms. The van der Waals surface area contributed by atoms with Gasteiger partial charge in [0.2, 0.25) is 10.0 Å². The van der Waals surface area contributed by atoms with Crippen molar-refractivity contribution in [2.75, 3.05) is 5.01 Å². The van der Waals surface area contributed by atoms with Crippen molar-refractivity contribution >= 4 is 48.7 Å². The number of anilines is 1. The first kappa shape index (κ1) is 18.4. The quantitative estimate of drug-likeness (QED) is 0.620. The molecule has 0 radical (unpaired) electrons. The van der Waals surface area contributed by atoms with Crippen molar-refractivity contribution in [2.24, 2.45) is 10.2 Å². The van der Waals surface area contributed by atoms with Crippen LogP contribution in [0, 0.1) is 0 Å². The van der Waals surface area contributed by atoms with E-state index in [1.165, 1.54) is 17.0 Å². The number of hydrogen-bond donors (Lipinski definition) is 1. The van der Waals surface area contributed by atoms with Gasteiger partial charge in [-0.2, -0.15) is 5.10 Å². The molecule has 3 aromatic rings. The van der Waals surface area contributed by atoms with E-state index >= 15 is 0 Å². The van der Waals surface area contributed by atoms with Crippen molar-refractivity contribution in [3.63, 3.8) is 0 Å². The van der Waals surface area contributed by atoms with Gasteiger partial charge in [-0.25, -0.2) is 13.6 Å².